The molecule has 0 aliphatic carbocycles. The van der Waals surface area contributed by atoms with E-state index >= 15 is 0 Å². The zero-order valence-corrected chi connectivity index (χ0v) is 61.3. The second kappa shape index (κ2) is 61.6. The number of rotatable bonds is 69. The lowest BCUT2D eigenvalue weighted by molar-refractivity contribution is -0.161. The molecule has 0 fully saturated rings. The van der Waals surface area contributed by atoms with Crippen LogP contribution < -0.4 is 0 Å². The molecule has 0 aromatic rings. The molecule has 17 nitrogen and oxygen atoms in total. The molecule has 3 N–H and O–H groups in total. The average molecular weight is 1340 g/mol. The zero-order valence-electron chi connectivity index (χ0n) is 59.5. The monoisotopic (exact) mass is 1340 g/mol. The number of hydrogen-bond acceptors (Lipinski definition) is 15. The van der Waals surface area contributed by atoms with Crippen LogP contribution >= 0.6 is 15.6 Å². The number of hydrogen-bond donors (Lipinski definition) is 3. The van der Waals surface area contributed by atoms with Crippen LogP contribution in [0.2, 0.25) is 0 Å². The fraction of sp³-hybridized carbons (Fsp3) is 0.944. The van der Waals surface area contributed by atoms with Crippen LogP contribution in [0.15, 0.2) is 0 Å². The van der Waals surface area contributed by atoms with Crippen LogP contribution in [-0.2, 0) is 65.4 Å². The highest BCUT2D eigenvalue weighted by Gasteiger charge is 2.30. The van der Waals surface area contributed by atoms with Crippen molar-refractivity contribution in [2.45, 2.75) is 375 Å². The smallest absolute Gasteiger partial charge is 0.462 e. The molecular weight excluding hydrogens is 1200 g/mol. The Hall–Kier alpha value is -1.94. The van der Waals surface area contributed by atoms with Crippen molar-refractivity contribution < 1.29 is 80.2 Å². The summed E-state index contributed by atoms with van der Waals surface area (Å²) in [5.74, 6) is 0.911. The molecule has 0 amide bonds. The predicted molar refractivity (Wildman–Crippen MR) is 367 cm³/mol. The minimum absolute atomic E-state index is 0.104. The highest BCUT2D eigenvalue weighted by atomic mass is 31.2. The molecule has 0 aromatic carbocycles. The summed E-state index contributed by atoms with van der Waals surface area (Å²) in [4.78, 5) is 72.6. The van der Waals surface area contributed by atoms with Gasteiger partial charge in [0.1, 0.15) is 19.3 Å². The number of phosphoric ester groups is 2. The molecule has 19 heteroatoms. The van der Waals surface area contributed by atoms with Crippen molar-refractivity contribution in [2.24, 2.45) is 23.7 Å². The summed E-state index contributed by atoms with van der Waals surface area (Å²) in [7, 11) is -9.91. The molecular formula is C72H140O17P2. The molecule has 7 atom stereocenters. The summed E-state index contributed by atoms with van der Waals surface area (Å²) in [6, 6.07) is 0. The number of aliphatic hydroxyl groups is 1. The van der Waals surface area contributed by atoms with Crippen LogP contribution in [0.4, 0.5) is 0 Å². The molecule has 0 spiro atoms. The van der Waals surface area contributed by atoms with Crippen molar-refractivity contribution in [3.8, 4) is 0 Å². The summed E-state index contributed by atoms with van der Waals surface area (Å²) in [5, 5.41) is 10.6. The van der Waals surface area contributed by atoms with E-state index in [1.54, 1.807) is 0 Å². The Morgan fingerprint density at radius 1 is 0.308 bits per heavy atom. The molecule has 0 radical (unpaired) electrons. The highest BCUT2D eigenvalue weighted by molar-refractivity contribution is 7.47. The number of ether oxygens (including phenoxy) is 4. The summed E-state index contributed by atoms with van der Waals surface area (Å²) in [5.41, 5.74) is 0. The van der Waals surface area contributed by atoms with Gasteiger partial charge in [-0.25, -0.2) is 9.13 Å². The van der Waals surface area contributed by atoms with Gasteiger partial charge >= 0.3 is 39.5 Å². The van der Waals surface area contributed by atoms with Gasteiger partial charge in [-0.2, -0.15) is 0 Å². The minimum atomic E-state index is -4.95. The Labute approximate surface area is 556 Å². The van der Waals surface area contributed by atoms with Crippen LogP contribution in [0, 0.1) is 23.7 Å². The second-order valence-corrected chi connectivity index (χ2v) is 30.3. The van der Waals surface area contributed by atoms with Crippen molar-refractivity contribution in [3.63, 3.8) is 0 Å². The van der Waals surface area contributed by atoms with Crippen LogP contribution in [0.1, 0.15) is 357 Å². The van der Waals surface area contributed by atoms with Crippen molar-refractivity contribution in [2.75, 3.05) is 39.6 Å². The van der Waals surface area contributed by atoms with Crippen molar-refractivity contribution in [1.29, 1.82) is 0 Å². The SMILES string of the molecule is CCC(C)CCCCCCCCCCCCCCCCC(=O)O[C@H](COC(=O)CCCCCCCCC(C)CC)COP(=O)(O)OC[C@H](O)COP(=O)(O)OC[C@@H](COC(=O)CCCCCCCCCCC(C)C)OC(=O)CCCCCCCCCCCC(C)C. The van der Waals surface area contributed by atoms with E-state index in [0.29, 0.717) is 25.7 Å². The topological polar surface area (TPSA) is 237 Å². The Morgan fingerprint density at radius 2 is 0.527 bits per heavy atom. The van der Waals surface area contributed by atoms with Gasteiger partial charge in [-0.3, -0.25) is 37.3 Å². The predicted octanol–water partition coefficient (Wildman–Crippen LogP) is 20.5. The van der Waals surface area contributed by atoms with E-state index in [0.717, 1.165) is 120 Å². The van der Waals surface area contributed by atoms with Crippen LogP contribution in [0.25, 0.3) is 0 Å². The first-order valence-corrected chi connectivity index (χ1v) is 40.3. The summed E-state index contributed by atoms with van der Waals surface area (Å²) in [6.45, 7) is 14.1. The maximum absolute atomic E-state index is 13.0. The lowest BCUT2D eigenvalue weighted by Gasteiger charge is -2.21. The Balaban J connectivity index is 5.23. The highest BCUT2D eigenvalue weighted by Crippen LogP contribution is 2.45. The van der Waals surface area contributed by atoms with Gasteiger partial charge in [0.2, 0.25) is 0 Å². The third-order valence-corrected chi connectivity index (χ3v) is 19.2. The normalized spacial score (nSPS) is 14.8. The quantitative estimate of drug-likeness (QED) is 0.0222. The number of carbonyl (C=O) groups excluding carboxylic acids is 4. The molecule has 4 unspecified atom stereocenters. The maximum Gasteiger partial charge on any atom is 0.472 e. The largest absolute Gasteiger partial charge is 0.472 e. The molecule has 0 saturated carbocycles. The summed E-state index contributed by atoms with van der Waals surface area (Å²) in [6.07, 6.45) is 44.5. The zero-order chi connectivity index (χ0) is 67.5. The van der Waals surface area contributed by atoms with Crippen LogP contribution in [0.5, 0.6) is 0 Å². The lowest BCUT2D eigenvalue weighted by atomic mass is 9.99. The van der Waals surface area contributed by atoms with Gasteiger partial charge in [0.05, 0.1) is 26.4 Å². The number of aliphatic hydroxyl groups excluding tert-OH is 1. The van der Waals surface area contributed by atoms with E-state index < -0.39 is 97.5 Å². The summed E-state index contributed by atoms with van der Waals surface area (Å²) >= 11 is 0. The van der Waals surface area contributed by atoms with Crippen LogP contribution in [-0.4, -0.2) is 96.7 Å². The molecule has 0 aliphatic rings. The fourth-order valence-electron chi connectivity index (χ4n) is 10.8. The standard InChI is InChI=1S/C72H140O17P2/c1-9-64(7)50-42-34-26-19-15-13-11-12-14-16-20-28-38-46-54-71(76)89-68(59-83-70(75)53-45-37-31-30-35-43-51-65(8)10-2)61-87-91(80,81)85-57-66(73)56-84-90(78,79)86-60-67(58-82-69(74)52-44-36-27-23-22-25-33-41-49-63(5)6)88-72(77)55-47-39-29-21-17-18-24-32-40-48-62(3)4/h62-68,73H,9-61H2,1-8H3,(H,78,79)(H,80,81)/t64?,65?,66-,67-,68-/m1/s1. The van der Waals surface area contributed by atoms with Crippen LogP contribution in [0.3, 0.4) is 0 Å². The Kier molecular flexibility index (Phi) is 60.3. The molecule has 0 aromatic heterocycles. The first-order chi connectivity index (χ1) is 43.7. The van der Waals surface area contributed by atoms with Gasteiger partial charge in [-0.05, 0) is 49.4 Å². The van der Waals surface area contributed by atoms with E-state index in [9.17, 15) is 43.2 Å². The van der Waals surface area contributed by atoms with Gasteiger partial charge in [0.15, 0.2) is 12.2 Å². The summed E-state index contributed by atoms with van der Waals surface area (Å²) < 4.78 is 68.3. The molecule has 0 bridgehead atoms. The number of esters is 4. The van der Waals surface area contributed by atoms with E-state index in [2.05, 4.69) is 55.4 Å². The molecule has 91 heavy (non-hydrogen) atoms. The van der Waals surface area contributed by atoms with E-state index in [1.165, 1.54) is 154 Å². The van der Waals surface area contributed by atoms with E-state index in [4.69, 9.17) is 37.0 Å². The molecule has 0 aliphatic heterocycles. The average Bonchev–Trinajstić information content (AvgIpc) is 3.33. The van der Waals surface area contributed by atoms with Gasteiger partial charge in [0.25, 0.3) is 0 Å². The first-order valence-electron chi connectivity index (χ1n) is 37.3. The van der Waals surface area contributed by atoms with Gasteiger partial charge in [-0.1, -0.05) is 306 Å². The fourth-order valence-corrected chi connectivity index (χ4v) is 12.4. The number of carbonyl (C=O) groups is 4. The third-order valence-electron chi connectivity index (χ3n) is 17.3. The Bertz CT molecular complexity index is 1800. The molecule has 0 rings (SSSR count). The maximum atomic E-state index is 13.0. The lowest BCUT2D eigenvalue weighted by Crippen LogP contribution is -2.30. The Morgan fingerprint density at radius 3 is 0.780 bits per heavy atom. The van der Waals surface area contributed by atoms with Gasteiger partial charge in [-0.15, -0.1) is 0 Å². The third kappa shape index (κ3) is 63.9. The minimum Gasteiger partial charge on any atom is -0.462 e. The first kappa shape index (κ1) is 89.1. The number of unbranched alkanes of at least 4 members (excludes halogenated alkanes) is 33. The van der Waals surface area contributed by atoms with Crippen molar-refractivity contribution >= 4 is 39.5 Å². The molecule has 540 valence electrons. The molecule has 0 saturated heterocycles. The van der Waals surface area contributed by atoms with Crippen molar-refractivity contribution in [1.82, 2.24) is 0 Å². The molecule has 0 heterocycles. The van der Waals surface area contributed by atoms with E-state index in [-0.39, 0.29) is 25.7 Å². The van der Waals surface area contributed by atoms with Gasteiger partial charge < -0.3 is 33.8 Å². The second-order valence-electron chi connectivity index (χ2n) is 27.4. The van der Waals surface area contributed by atoms with Crippen molar-refractivity contribution in [3.05, 3.63) is 0 Å². The van der Waals surface area contributed by atoms with Gasteiger partial charge in [0, 0.05) is 25.7 Å². The van der Waals surface area contributed by atoms with E-state index in [1.807, 2.05) is 0 Å². The number of phosphoric acid groups is 2.